The molecule has 0 radical (unpaired) electrons. The first kappa shape index (κ1) is 16.7. The van der Waals surface area contributed by atoms with Gasteiger partial charge in [-0.3, -0.25) is 4.79 Å². The number of rotatable bonds is 6. The van der Waals surface area contributed by atoms with Crippen LogP contribution < -0.4 is 4.74 Å². The topological polar surface area (TPSA) is 66.8 Å². The highest BCUT2D eigenvalue weighted by atomic mass is 16.5. The molecular formula is C16H24O4. The van der Waals surface area contributed by atoms with Crippen LogP contribution in [0, 0.1) is 0 Å². The molecule has 1 rings (SSSR count). The lowest BCUT2D eigenvalue weighted by Gasteiger charge is -2.28. The Morgan fingerprint density at radius 2 is 1.70 bits per heavy atom. The number of carbonyl (C=O) groups is 1. The van der Waals surface area contributed by atoms with Crippen molar-refractivity contribution in [1.82, 2.24) is 0 Å². The summed E-state index contributed by atoms with van der Waals surface area (Å²) >= 11 is 0. The Morgan fingerprint density at radius 1 is 1.20 bits per heavy atom. The summed E-state index contributed by atoms with van der Waals surface area (Å²) in [6, 6.07) is 6.66. The van der Waals surface area contributed by atoms with Gasteiger partial charge in [0, 0.05) is 12.0 Å². The van der Waals surface area contributed by atoms with E-state index in [9.17, 15) is 15.0 Å². The highest BCUT2D eigenvalue weighted by Gasteiger charge is 2.26. The lowest BCUT2D eigenvalue weighted by atomic mass is 9.97. The lowest BCUT2D eigenvalue weighted by Crippen LogP contribution is -2.32. The van der Waals surface area contributed by atoms with Gasteiger partial charge in [-0.1, -0.05) is 0 Å². The van der Waals surface area contributed by atoms with Crippen LogP contribution in [0.1, 0.15) is 51.4 Å². The molecule has 0 aliphatic rings. The van der Waals surface area contributed by atoms with Crippen molar-refractivity contribution in [2.45, 2.75) is 58.3 Å². The van der Waals surface area contributed by atoms with Crippen LogP contribution in [0.15, 0.2) is 24.3 Å². The van der Waals surface area contributed by atoms with Crippen molar-refractivity contribution >= 4 is 5.78 Å². The molecule has 1 atom stereocenters. The number of carbonyl (C=O) groups excluding carboxylic acids is 1. The normalized spacial score (nSPS) is 13.9. The second-order valence-electron chi connectivity index (χ2n) is 6.33. The van der Waals surface area contributed by atoms with Gasteiger partial charge in [-0.15, -0.1) is 0 Å². The van der Waals surface area contributed by atoms with Crippen molar-refractivity contribution < 1.29 is 19.7 Å². The molecule has 0 amide bonds. The van der Waals surface area contributed by atoms with Crippen molar-refractivity contribution in [1.29, 1.82) is 0 Å². The minimum Gasteiger partial charge on any atom is -0.488 e. The van der Waals surface area contributed by atoms with Gasteiger partial charge in [-0.25, -0.2) is 0 Å². The molecule has 2 N–H and O–H groups in total. The summed E-state index contributed by atoms with van der Waals surface area (Å²) in [4.78, 5) is 11.9. The zero-order chi connectivity index (χ0) is 15.6. The van der Waals surface area contributed by atoms with E-state index >= 15 is 0 Å². The Labute approximate surface area is 120 Å². The van der Waals surface area contributed by atoms with Crippen molar-refractivity contribution in [2.75, 3.05) is 0 Å². The minimum absolute atomic E-state index is 0.327. The molecule has 4 heteroatoms. The molecule has 0 aliphatic carbocycles. The summed E-state index contributed by atoms with van der Waals surface area (Å²) in [5, 5.41) is 19.1. The van der Waals surface area contributed by atoms with E-state index in [1.807, 2.05) is 13.8 Å². The third-order valence-corrected chi connectivity index (χ3v) is 2.85. The molecule has 0 saturated carbocycles. The Morgan fingerprint density at radius 3 is 2.10 bits per heavy atom. The van der Waals surface area contributed by atoms with Crippen LogP contribution in [0.5, 0.6) is 5.75 Å². The summed E-state index contributed by atoms with van der Waals surface area (Å²) in [6.07, 6.45) is 0.0678. The van der Waals surface area contributed by atoms with Gasteiger partial charge in [-0.05, 0) is 58.9 Å². The molecule has 20 heavy (non-hydrogen) atoms. The quantitative estimate of drug-likeness (QED) is 0.786. The largest absolute Gasteiger partial charge is 0.488 e. The molecule has 1 unspecified atom stereocenters. The number of benzene rings is 1. The predicted molar refractivity (Wildman–Crippen MR) is 78.1 cm³/mol. The average Bonchev–Trinajstić information content (AvgIpc) is 2.25. The standard InChI is InChI=1S/C16H24O4/c1-11(17)10-15(2,3)20-13-8-6-12(7-9-13)14(18)16(4,5)19/h6-9,11,17,19H,10H2,1-5H3. The second kappa shape index (κ2) is 5.94. The lowest BCUT2D eigenvalue weighted by molar-refractivity contribution is 0.0453. The summed E-state index contributed by atoms with van der Waals surface area (Å²) < 4.78 is 5.80. The molecule has 0 aliphatic heterocycles. The molecule has 0 bridgehead atoms. The maximum absolute atomic E-state index is 11.9. The van der Waals surface area contributed by atoms with E-state index in [1.165, 1.54) is 13.8 Å². The fourth-order valence-electron chi connectivity index (χ4n) is 2.10. The van der Waals surface area contributed by atoms with Gasteiger partial charge in [-0.2, -0.15) is 0 Å². The summed E-state index contributed by atoms with van der Waals surface area (Å²) in [7, 11) is 0. The first-order valence-electron chi connectivity index (χ1n) is 6.75. The van der Waals surface area contributed by atoms with Crippen LogP contribution in [0.25, 0.3) is 0 Å². The van der Waals surface area contributed by atoms with E-state index in [-0.39, 0.29) is 5.78 Å². The third kappa shape index (κ3) is 4.94. The summed E-state index contributed by atoms with van der Waals surface area (Å²) in [5.41, 5.74) is -1.43. The van der Waals surface area contributed by atoms with Gasteiger partial charge < -0.3 is 14.9 Å². The van der Waals surface area contributed by atoms with Crippen LogP contribution in [0.2, 0.25) is 0 Å². The monoisotopic (exact) mass is 280 g/mol. The number of hydrogen-bond acceptors (Lipinski definition) is 4. The smallest absolute Gasteiger partial charge is 0.193 e. The molecule has 0 spiro atoms. The molecule has 112 valence electrons. The first-order valence-corrected chi connectivity index (χ1v) is 6.75. The summed E-state index contributed by atoms with van der Waals surface area (Å²) in [6.45, 7) is 8.44. The van der Waals surface area contributed by atoms with E-state index in [2.05, 4.69) is 0 Å². The Hall–Kier alpha value is -1.39. The molecule has 4 nitrogen and oxygen atoms in total. The van der Waals surface area contributed by atoms with E-state index in [4.69, 9.17) is 4.74 Å². The third-order valence-electron chi connectivity index (χ3n) is 2.85. The summed E-state index contributed by atoms with van der Waals surface area (Å²) in [5.74, 6) is 0.301. The SMILES string of the molecule is CC(O)CC(C)(C)Oc1ccc(C(=O)C(C)(C)O)cc1. The maximum Gasteiger partial charge on any atom is 0.193 e. The number of ether oxygens (including phenoxy) is 1. The van der Waals surface area contributed by atoms with Crippen molar-refractivity contribution in [3.05, 3.63) is 29.8 Å². The zero-order valence-electron chi connectivity index (χ0n) is 12.8. The number of Topliss-reactive ketones (excluding diaryl/α,β-unsaturated/α-hetero) is 1. The van der Waals surface area contributed by atoms with Crippen molar-refractivity contribution in [2.24, 2.45) is 0 Å². The van der Waals surface area contributed by atoms with Crippen LogP contribution in [0.4, 0.5) is 0 Å². The highest BCUT2D eigenvalue weighted by molar-refractivity contribution is 6.01. The number of aliphatic hydroxyl groups is 2. The average molecular weight is 280 g/mol. The predicted octanol–water partition coefficient (Wildman–Crippen LogP) is 2.57. The molecule has 1 aromatic rings. The van der Waals surface area contributed by atoms with E-state index in [0.29, 0.717) is 17.7 Å². The van der Waals surface area contributed by atoms with Crippen LogP contribution >= 0.6 is 0 Å². The zero-order valence-corrected chi connectivity index (χ0v) is 12.8. The van der Waals surface area contributed by atoms with E-state index < -0.39 is 17.3 Å². The van der Waals surface area contributed by atoms with Crippen LogP contribution in [-0.4, -0.2) is 33.3 Å². The molecule has 1 aromatic carbocycles. The van der Waals surface area contributed by atoms with Crippen LogP contribution in [0.3, 0.4) is 0 Å². The van der Waals surface area contributed by atoms with Crippen molar-refractivity contribution in [3.63, 3.8) is 0 Å². The van der Waals surface area contributed by atoms with Gasteiger partial charge in [0.2, 0.25) is 0 Å². The minimum atomic E-state index is -1.38. The van der Waals surface area contributed by atoms with E-state index in [1.54, 1.807) is 31.2 Å². The van der Waals surface area contributed by atoms with Gasteiger partial charge in [0.05, 0.1) is 6.10 Å². The van der Waals surface area contributed by atoms with Gasteiger partial charge in [0.25, 0.3) is 0 Å². The van der Waals surface area contributed by atoms with Crippen molar-refractivity contribution in [3.8, 4) is 5.75 Å². The van der Waals surface area contributed by atoms with Gasteiger partial charge >= 0.3 is 0 Å². The first-order chi connectivity index (χ1) is 9.01. The molecule has 0 heterocycles. The number of ketones is 1. The maximum atomic E-state index is 11.9. The molecule has 0 fully saturated rings. The van der Waals surface area contributed by atoms with Gasteiger partial charge in [0.15, 0.2) is 5.78 Å². The Balaban J connectivity index is 2.80. The van der Waals surface area contributed by atoms with Gasteiger partial charge in [0.1, 0.15) is 17.0 Å². The van der Waals surface area contributed by atoms with Crippen LogP contribution in [-0.2, 0) is 0 Å². The Kier molecular flexibility index (Phi) is 4.95. The second-order valence-corrected chi connectivity index (χ2v) is 6.33. The molecular weight excluding hydrogens is 256 g/mol. The number of aliphatic hydroxyl groups excluding tert-OH is 1. The fraction of sp³-hybridized carbons (Fsp3) is 0.562. The fourth-order valence-corrected chi connectivity index (χ4v) is 2.10. The highest BCUT2D eigenvalue weighted by Crippen LogP contribution is 2.23. The molecule has 0 aromatic heterocycles. The Bertz CT molecular complexity index is 452. The molecule has 0 saturated heterocycles. The van der Waals surface area contributed by atoms with E-state index in [0.717, 1.165) is 0 Å². The number of hydrogen-bond donors (Lipinski definition) is 2.